The Morgan fingerprint density at radius 3 is 1.34 bits per heavy atom. The molecule has 8 heteroatoms. The fourth-order valence-electron chi connectivity index (χ4n) is 3.91. The summed E-state index contributed by atoms with van der Waals surface area (Å²) < 4.78 is 21.1. The number of carbonyl (C=O) groups excluding carboxylic acids is 2. The normalized spacial score (nSPS) is 17.8. The van der Waals surface area contributed by atoms with Crippen molar-refractivity contribution in [2.24, 2.45) is 11.8 Å². The number of anilines is 2. The zero-order valence-electron chi connectivity index (χ0n) is 18.9. The van der Waals surface area contributed by atoms with E-state index in [1.54, 1.807) is 64.8 Å². The summed E-state index contributed by atoms with van der Waals surface area (Å²) in [4.78, 5) is 25.6. The number of hydrogen-bond acceptors (Lipinski definition) is 6. The first-order valence-electron chi connectivity index (χ1n) is 10.5. The number of methoxy groups -OCH3 is 4. The molecule has 32 heavy (non-hydrogen) atoms. The quantitative estimate of drug-likeness (QED) is 0.639. The Morgan fingerprint density at radius 2 is 1.03 bits per heavy atom. The fraction of sp³-hybridized carbons (Fsp3) is 0.417. The van der Waals surface area contributed by atoms with Gasteiger partial charge in [0.25, 0.3) is 0 Å². The maximum absolute atomic E-state index is 12.8. The molecule has 172 valence electrons. The smallest absolute Gasteiger partial charge is 0.227 e. The molecule has 2 aromatic rings. The van der Waals surface area contributed by atoms with Crippen molar-refractivity contribution in [2.75, 3.05) is 39.1 Å². The van der Waals surface area contributed by atoms with Gasteiger partial charge in [0, 0.05) is 24.0 Å². The zero-order chi connectivity index (χ0) is 23.1. The summed E-state index contributed by atoms with van der Waals surface area (Å²) in [7, 11) is 6.25. The van der Waals surface area contributed by atoms with Gasteiger partial charge in [-0.25, -0.2) is 0 Å². The number of nitrogens with one attached hydrogen (secondary N) is 2. The Kier molecular flexibility index (Phi) is 7.81. The van der Waals surface area contributed by atoms with E-state index in [2.05, 4.69) is 10.6 Å². The highest BCUT2D eigenvalue weighted by molar-refractivity contribution is 5.96. The van der Waals surface area contributed by atoms with Crippen LogP contribution in [0.25, 0.3) is 0 Å². The lowest BCUT2D eigenvalue weighted by Crippen LogP contribution is -2.32. The minimum Gasteiger partial charge on any atom is -0.497 e. The lowest BCUT2D eigenvalue weighted by molar-refractivity contribution is -0.125. The summed E-state index contributed by atoms with van der Waals surface area (Å²) >= 11 is 0. The van der Waals surface area contributed by atoms with Crippen LogP contribution in [-0.2, 0) is 9.59 Å². The van der Waals surface area contributed by atoms with E-state index in [4.69, 9.17) is 18.9 Å². The molecule has 2 N–H and O–H groups in total. The Bertz CT molecular complexity index is 876. The Hall–Kier alpha value is -3.42. The Morgan fingerprint density at radius 1 is 0.656 bits per heavy atom. The van der Waals surface area contributed by atoms with E-state index in [0.29, 0.717) is 60.1 Å². The van der Waals surface area contributed by atoms with Crippen molar-refractivity contribution in [3.63, 3.8) is 0 Å². The van der Waals surface area contributed by atoms with Crippen molar-refractivity contribution in [1.29, 1.82) is 0 Å². The summed E-state index contributed by atoms with van der Waals surface area (Å²) in [6.07, 6.45) is 2.52. The summed E-state index contributed by atoms with van der Waals surface area (Å²) in [5.41, 5.74) is 1.14. The molecule has 1 aliphatic rings. The molecule has 8 nitrogen and oxygen atoms in total. The van der Waals surface area contributed by atoms with Crippen LogP contribution in [0, 0.1) is 11.8 Å². The van der Waals surface area contributed by atoms with E-state index in [1.807, 2.05) is 0 Å². The van der Waals surface area contributed by atoms with Gasteiger partial charge in [-0.3, -0.25) is 9.59 Å². The topological polar surface area (TPSA) is 95.1 Å². The molecule has 1 aliphatic carbocycles. The van der Waals surface area contributed by atoms with Gasteiger partial charge in [-0.2, -0.15) is 0 Å². The Labute approximate surface area is 188 Å². The molecule has 0 spiro atoms. The number of rotatable bonds is 8. The first kappa shape index (κ1) is 23.2. The van der Waals surface area contributed by atoms with Crippen molar-refractivity contribution < 1.29 is 28.5 Å². The standard InChI is InChI=1S/C24H30N2O6/c1-29-17-9-11-21(31-3)19(13-17)25-23(27)15-5-7-16(8-6-15)24(28)26-20-14-18(30-2)10-12-22(20)32-4/h9-16H,5-8H2,1-4H3,(H,25,27)(H,26,28). The van der Waals surface area contributed by atoms with Crippen molar-refractivity contribution in [1.82, 2.24) is 0 Å². The maximum Gasteiger partial charge on any atom is 0.227 e. The molecule has 1 saturated carbocycles. The van der Waals surface area contributed by atoms with E-state index >= 15 is 0 Å². The molecule has 0 aromatic heterocycles. The van der Waals surface area contributed by atoms with Gasteiger partial charge in [-0.15, -0.1) is 0 Å². The average molecular weight is 443 g/mol. The third kappa shape index (κ3) is 5.43. The van der Waals surface area contributed by atoms with Crippen LogP contribution in [-0.4, -0.2) is 40.3 Å². The molecule has 0 unspecified atom stereocenters. The molecular formula is C24H30N2O6. The van der Waals surface area contributed by atoms with Gasteiger partial charge in [0.1, 0.15) is 23.0 Å². The predicted octanol–water partition coefficient (Wildman–Crippen LogP) is 4.10. The van der Waals surface area contributed by atoms with Crippen molar-refractivity contribution in [2.45, 2.75) is 25.7 Å². The van der Waals surface area contributed by atoms with Gasteiger partial charge < -0.3 is 29.6 Å². The van der Waals surface area contributed by atoms with Crippen LogP contribution in [0.5, 0.6) is 23.0 Å². The molecule has 2 amide bonds. The van der Waals surface area contributed by atoms with Crippen LogP contribution in [0.15, 0.2) is 36.4 Å². The minimum atomic E-state index is -0.165. The Balaban J connectivity index is 1.58. The van der Waals surface area contributed by atoms with Crippen LogP contribution < -0.4 is 29.6 Å². The molecule has 0 bridgehead atoms. The fourth-order valence-corrected chi connectivity index (χ4v) is 3.91. The van der Waals surface area contributed by atoms with Gasteiger partial charge in [0.05, 0.1) is 39.8 Å². The number of hydrogen-bond donors (Lipinski definition) is 2. The molecule has 0 heterocycles. The van der Waals surface area contributed by atoms with E-state index in [-0.39, 0.29) is 23.7 Å². The number of ether oxygens (including phenoxy) is 4. The van der Waals surface area contributed by atoms with Crippen LogP contribution in [0.2, 0.25) is 0 Å². The van der Waals surface area contributed by atoms with Crippen molar-refractivity contribution in [3.8, 4) is 23.0 Å². The van der Waals surface area contributed by atoms with Crippen LogP contribution in [0.1, 0.15) is 25.7 Å². The second kappa shape index (κ2) is 10.7. The maximum atomic E-state index is 12.8. The monoisotopic (exact) mass is 442 g/mol. The minimum absolute atomic E-state index is 0.0788. The number of carbonyl (C=O) groups is 2. The van der Waals surface area contributed by atoms with Crippen LogP contribution >= 0.6 is 0 Å². The molecule has 0 saturated heterocycles. The molecular weight excluding hydrogens is 412 g/mol. The first-order valence-corrected chi connectivity index (χ1v) is 10.5. The highest BCUT2D eigenvalue weighted by atomic mass is 16.5. The van der Waals surface area contributed by atoms with Gasteiger partial charge in [0.2, 0.25) is 11.8 Å². The van der Waals surface area contributed by atoms with E-state index < -0.39 is 0 Å². The highest BCUT2D eigenvalue weighted by Crippen LogP contribution is 2.35. The van der Waals surface area contributed by atoms with Crippen molar-refractivity contribution >= 4 is 23.2 Å². The third-order valence-electron chi connectivity index (χ3n) is 5.80. The van der Waals surface area contributed by atoms with E-state index in [9.17, 15) is 9.59 Å². The predicted molar refractivity (Wildman–Crippen MR) is 122 cm³/mol. The average Bonchev–Trinajstić information content (AvgIpc) is 2.83. The molecule has 0 radical (unpaired) electrons. The molecule has 1 fully saturated rings. The van der Waals surface area contributed by atoms with Gasteiger partial charge >= 0.3 is 0 Å². The summed E-state index contributed by atoms with van der Waals surface area (Å²) in [5, 5.41) is 5.89. The van der Waals surface area contributed by atoms with Crippen LogP contribution in [0.4, 0.5) is 11.4 Å². The second-order valence-corrected chi connectivity index (χ2v) is 7.66. The van der Waals surface area contributed by atoms with Crippen molar-refractivity contribution in [3.05, 3.63) is 36.4 Å². The second-order valence-electron chi connectivity index (χ2n) is 7.66. The van der Waals surface area contributed by atoms with E-state index in [0.717, 1.165) is 0 Å². The van der Waals surface area contributed by atoms with E-state index in [1.165, 1.54) is 0 Å². The zero-order valence-corrected chi connectivity index (χ0v) is 18.9. The van der Waals surface area contributed by atoms with Gasteiger partial charge in [0.15, 0.2) is 0 Å². The van der Waals surface area contributed by atoms with Gasteiger partial charge in [-0.05, 0) is 49.9 Å². The molecule has 2 aromatic carbocycles. The molecule has 0 atom stereocenters. The third-order valence-corrected chi connectivity index (χ3v) is 5.80. The molecule has 0 aliphatic heterocycles. The highest BCUT2D eigenvalue weighted by Gasteiger charge is 2.30. The largest absolute Gasteiger partial charge is 0.497 e. The summed E-state index contributed by atoms with van der Waals surface area (Å²) in [5.74, 6) is 1.92. The summed E-state index contributed by atoms with van der Waals surface area (Å²) in [6, 6.07) is 10.5. The first-order chi connectivity index (χ1) is 15.5. The number of amides is 2. The molecule has 3 rings (SSSR count). The lowest BCUT2D eigenvalue weighted by atomic mass is 9.81. The van der Waals surface area contributed by atoms with Gasteiger partial charge in [-0.1, -0.05) is 0 Å². The van der Waals surface area contributed by atoms with Crippen LogP contribution in [0.3, 0.4) is 0 Å². The number of benzene rings is 2. The summed E-state index contributed by atoms with van der Waals surface area (Å²) in [6.45, 7) is 0. The lowest BCUT2D eigenvalue weighted by Gasteiger charge is -2.27. The SMILES string of the molecule is COc1ccc(OC)c(NC(=O)C2CCC(C(=O)Nc3cc(OC)ccc3OC)CC2)c1.